The molecule has 3 aromatic rings. The van der Waals surface area contributed by atoms with Crippen LogP contribution < -0.4 is 0 Å². The van der Waals surface area contributed by atoms with E-state index in [2.05, 4.69) is 16.3 Å². The first-order valence-corrected chi connectivity index (χ1v) is 4.73. The summed E-state index contributed by atoms with van der Waals surface area (Å²) in [5.41, 5.74) is 2.62. The van der Waals surface area contributed by atoms with Gasteiger partial charge < -0.3 is 0 Å². The molecule has 2 aromatic carbocycles. The van der Waals surface area contributed by atoms with Crippen LogP contribution in [0.1, 0.15) is 0 Å². The first kappa shape index (κ1) is 8.17. The van der Waals surface area contributed by atoms with Gasteiger partial charge in [0.25, 0.3) is 0 Å². The molecule has 0 atom stereocenters. The Kier molecular flexibility index (Phi) is 1.75. The molecule has 71 valence electrons. The van der Waals surface area contributed by atoms with Crippen molar-refractivity contribution in [3.63, 3.8) is 0 Å². The summed E-state index contributed by atoms with van der Waals surface area (Å²) in [6, 6.07) is 18.6. The van der Waals surface area contributed by atoms with Crippen molar-refractivity contribution < 1.29 is 0 Å². The summed E-state index contributed by atoms with van der Waals surface area (Å²) >= 11 is 0. The zero-order valence-corrected chi connectivity index (χ0v) is 7.96. The number of benzene rings is 2. The van der Waals surface area contributed by atoms with Crippen LogP contribution in [0.2, 0.25) is 0 Å². The molecule has 0 saturated carbocycles. The second kappa shape index (κ2) is 3.20. The van der Waals surface area contributed by atoms with Crippen molar-refractivity contribution in [2.75, 3.05) is 0 Å². The molecule has 0 amide bonds. The first-order chi connectivity index (χ1) is 7.43. The molecule has 1 aromatic heterocycles. The number of rotatable bonds is 1. The summed E-state index contributed by atoms with van der Waals surface area (Å²) in [5, 5.41) is 8.69. The summed E-state index contributed by atoms with van der Waals surface area (Å²) in [4.78, 5) is 1.63. The molecule has 0 aliphatic heterocycles. The Labute approximate surface area is 87.0 Å². The van der Waals surface area contributed by atoms with Gasteiger partial charge in [-0.25, -0.2) is 0 Å². The normalized spacial score (nSPS) is 10.7. The standard InChI is InChI=1S/C12H8N3/c1-2-6-10(7-3-1)15-13-11-8-4-5-9-12(11)14-15/h1-8H. The van der Waals surface area contributed by atoms with E-state index in [1.807, 2.05) is 48.5 Å². The molecule has 0 saturated heterocycles. The second-order valence-corrected chi connectivity index (χ2v) is 3.23. The van der Waals surface area contributed by atoms with E-state index < -0.39 is 0 Å². The van der Waals surface area contributed by atoms with E-state index in [1.165, 1.54) is 0 Å². The third-order valence-electron chi connectivity index (χ3n) is 2.20. The maximum Gasteiger partial charge on any atom is 0.121 e. The van der Waals surface area contributed by atoms with Crippen LogP contribution in [0.3, 0.4) is 0 Å². The average Bonchev–Trinajstić information content (AvgIpc) is 2.74. The molecule has 0 N–H and O–H groups in total. The van der Waals surface area contributed by atoms with Crippen LogP contribution in [0.25, 0.3) is 16.7 Å². The van der Waals surface area contributed by atoms with E-state index in [-0.39, 0.29) is 0 Å². The number of fused-ring (bicyclic) bond motifs is 1. The van der Waals surface area contributed by atoms with Gasteiger partial charge in [0.05, 0.1) is 5.69 Å². The van der Waals surface area contributed by atoms with Crippen molar-refractivity contribution in [2.45, 2.75) is 0 Å². The molecule has 1 heterocycles. The van der Waals surface area contributed by atoms with Crippen molar-refractivity contribution in [1.82, 2.24) is 15.0 Å². The minimum atomic E-state index is 0.793. The maximum atomic E-state index is 4.36. The molecular weight excluding hydrogens is 186 g/mol. The second-order valence-electron chi connectivity index (χ2n) is 3.23. The number of nitrogens with zero attached hydrogens (tertiary/aromatic N) is 3. The lowest BCUT2D eigenvalue weighted by Gasteiger charge is -1.95. The van der Waals surface area contributed by atoms with Crippen LogP contribution in [0.15, 0.2) is 48.5 Å². The van der Waals surface area contributed by atoms with Gasteiger partial charge in [0.2, 0.25) is 0 Å². The molecule has 1 radical (unpaired) electrons. The summed E-state index contributed by atoms with van der Waals surface area (Å²) < 4.78 is 0. The number of para-hydroxylation sites is 1. The lowest BCUT2D eigenvalue weighted by Crippen LogP contribution is -1.97. The largest absolute Gasteiger partial charge is 0.150 e. The van der Waals surface area contributed by atoms with Crippen molar-refractivity contribution in [1.29, 1.82) is 0 Å². The van der Waals surface area contributed by atoms with Crippen molar-refractivity contribution in [3.8, 4) is 5.69 Å². The van der Waals surface area contributed by atoms with Gasteiger partial charge >= 0.3 is 0 Å². The zero-order valence-electron chi connectivity index (χ0n) is 7.96. The van der Waals surface area contributed by atoms with Crippen LogP contribution in [0.5, 0.6) is 0 Å². The van der Waals surface area contributed by atoms with Gasteiger partial charge in [-0.2, -0.15) is 4.80 Å². The molecular formula is C12H8N3. The summed E-state index contributed by atoms with van der Waals surface area (Å²) in [6.45, 7) is 0. The molecule has 3 nitrogen and oxygen atoms in total. The monoisotopic (exact) mass is 194 g/mol. The number of aromatic nitrogens is 3. The van der Waals surface area contributed by atoms with Gasteiger partial charge in [0.1, 0.15) is 11.0 Å². The Morgan fingerprint density at radius 2 is 1.80 bits per heavy atom. The predicted octanol–water partition coefficient (Wildman–Crippen LogP) is 2.22. The summed E-state index contributed by atoms with van der Waals surface area (Å²) in [7, 11) is 0. The Morgan fingerprint density at radius 3 is 2.60 bits per heavy atom. The summed E-state index contributed by atoms with van der Waals surface area (Å²) in [5.74, 6) is 0. The highest BCUT2D eigenvalue weighted by Crippen LogP contribution is 2.10. The van der Waals surface area contributed by atoms with Crippen molar-refractivity contribution in [2.24, 2.45) is 0 Å². The Hall–Kier alpha value is -2.16. The number of hydrogen-bond donors (Lipinski definition) is 0. The van der Waals surface area contributed by atoms with E-state index in [1.54, 1.807) is 4.80 Å². The fourth-order valence-corrected chi connectivity index (χ4v) is 1.48. The molecule has 0 fully saturated rings. The SMILES string of the molecule is [c]1cccc2nn(-c3ccccc3)nc12. The number of hydrogen-bond acceptors (Lipinski definition) is 2. The highest BCUT2D eigenvalue weighted by atomic mass is 15.5. The van der Waals surface area contributed by atoms with E-state index in [0.29, 0.717) is 0 Å². The Morgan fingerprint density at radius 1 is 0.933 bits per heavy atom. The first-order valence-electron chi connectivity index (χ1n) is 4.73. The topological polar surface area (TPSA) is 30.7 Å². The fraction of sp³-hybridized carbons (Fsp3) is 0. The van der Waals surface area contributed by atoms with Crippen molar-refractivity contribution >= 4 is 11.0 Å². The lowest BCUT2D eigenvalue weighted by molar-refractivity contribution is 0.765. The molecule has 0 unspecified atom stereocenters. The minimum absolute atomic E-state index is 0.793. The lowest BCUT2D eigenvalue weighted by atomic mass is 10.3. The predicted molar refractivity (Wildman–Crippen MR) is 57.7 cm³/mol. The molecule has 0 spiro atoms. The van der Waals surface area contributed by atoms with Gasteiger partial charge in [-0.1, -0.05) is 30.3 Å². The Balaban J connectivity index is 2.21. The third kappa shape index (κ3) is 1.38. The van der Waals surface area contributed by atoms with Gasteiger partial charge in [-0.15, -0.1) is 10.2 Å². The van der Waals surface area contributed by atoms with E-state index in [4.69, 9.17) is 0 Å². The molecule has 3 rings (SSSR count). The smallest absolute Gasteiger partial charge is 0.121 e. The third-order valence-corrected chi connectivity index (χ3v) is 2.20. The van der Waals surface area contributed by atoms with Crippen LogP contribution in [0, 0.1) is 6.07 Å². The molecule has 0 aliphatic carbocycles. The molecule has 15 heavy (non-hydrogen) atoms. The maximum absolute atomic E-state index is 4.36. The molecule has 0 aliphatic rings. The van der Waals surface area contributed by atoms with Crippen LogP contribution in [-0.4, -0.2) is 15.0 Å². The average molecular weight is 194 g/mol. The van der Waals surface area contributed by atoms with Crippen molar-refractivity contribution in [3.05, 3.63) is 54.6 Å². The van der Waals surface area contributed by atoms with Crippen LogP contribution >= 0.6 is 0 Å². The van der Waals surface area contributed by atoms with Crippen LogP contribution in [0.4, 0.5) is 0 Å². The van der Waals surface area contributed by atoms with Gasteiger partial charge in [0, 0.05) is 6.07 Å². The van der Waals surface area contributed by atoms with Gasteiger partial charge in [0.15, 0.2) is 0 Å². The van der Waals surface area contributed by atoms with Gasteiger partial charge in [-0.3, -0.25) is 0 Å². The van der Waals surface area contributed by atoms with E-state index in [0.717, 1.165) is 16.7 Å². The van der Waals surface area contributed by atoms with Crippen LogP contribution in [-0.2, 0) is 0 Å². The highest BCUT2D eigenvalue weighted by Gasteiger charge is 2.02. The quantitative estimate of drug-likeness (QED) is 0.594. The Bertz CT molecular complexity index is 551. The minimum Gasteiger partial charge on any atom is -0.150 e. The van der Waals surface area contributed by atoms with Gasteiger partial charge in [-0.05, 0) is 18.2 Å². The molecule has 0 bridgehead atoms. The zero-order chi connectivity index (χ0) is 10.1. The summed E-state index contributed by atoms with van der Waals surface area (Å²) in [6.07, 6.45) is 0. The molecule has 3 heteroatoms. The van der Waals surface area contributed by atoms with E-state index in [9.17, 15) is 0 Å². The fourth-order valence-electron chi connectivity index (χ4n) is 1.48. The highest BCUT2D eigenvalue weighted by molar-refractivity contribution is 5.72. The van der Waals surface area contributed by atoms with E-state index >= 15 is 0 Å².